The number of hydrogen-bond donors (Lipinski definition) is 2. The summed E-state index contributed by atoms with van der Waals surface area (Å²) in [5.41, 5.74) is -1.48. The molecule has 0 saturated carbocycles. The van der Waals surface area contributed by atoms with Crippen molar-refractivity contribution in [3.8, 4) is 0 Å². The molecule has 1 aromatic heterocycles. The second-order valence-electron chi connectivity index (χ2n) is 7.05. The Bertz CT molecular complexity index is 614. The third-order valence-corrected chi connectivity index (χ3v) is 2.18. The van der Waals surface area contributed by atoms with Crippen molar-refractivity contribution in [3.63, 3.8) is 0 Å². The van der Waals surface area contributed by atoms with Gasteiger partial charge < -0.3 is 9.47 Å². The smallest absolute Gasteiger partial charge is 0.414 e. The van der Waals surface area contributed by atoms with Gasteiger partial charge in [0.15, 0.2) is 5.82 Å². The van der Waals surface area contributed by atoms with Crippen LogP contribution < -0.4 is 10.6 Å². The molecule has 0 radical (unpaired) electrons. The third-order valence-electron chi connectivity index (χ3n) is 2.18. The summed E-state index contributed by atoms with van der Waals surface area (Å²) in [7, 11) is 0. The van der Waals surface area contributed by atoms with E-state index in [1.54, 1.807) is 41.5 Å². The average molecular weight is 354 g/mol. The molecule has 0 spiro atoms. The first-order valence-electron chi connectivity index (χ1n) is 7.54. The van der Waals surface area contributed by atoms with E-state index in [0.29, 0.717) is 0 Å². The van der Waals surface area contributed by atoms with Gasteiger partial charge in [0.25, 0.3) is 0 Å². The number of nitrogens with zero attached hydrogens (tertiary/aromatic N) is 2. The summed E-state index contributed by atoms with van der Waals surface area (Å²) in [4.78, 5) is 31.5. The molecule has 25 heavy (non-hydrogen) atoms. The lowest BCUT2D eigenvalue weighted by Gasteiger charge is -2.22. The van der Waals surface area contributed by atoms with E-state index in [9.17, 15) is 14.0 Å². The number of guanidine groups is 1. The van der Waals surface area contributed by atoms with Gasteiger partial charge in [0.2, 0.25) is 5.96 Å². The third kappa shape index (κ3) is 9.23. The largest absolute Gasteiger partial charge is 0.444 e. The van der Waals surface area contributed by atoms with Crippen molar-refractivity contribution >= 4 is 24.0 Å². The fourth-order valence-corrected chi connectivity index (χ4v) is 1.44. The number of amides is 2. The van der Waals surface area contributed by atoms with Gasteiger partial charge in [-0.25, -0.2) is 19.0 Å². The summed E-state index contributed by atoms with van der Waals surface area (Å²) >= 11 is 0. The summed E-state index contributed by atoms with van der Waals surface area (Å²) in [6.45, 7) is 10.1. The summed E-state index contributed by atoms with van der Waals surface area (Å²) in [6, 6.07) is 2.42. The van der Waals surface area contributed by atoms with Gasteiger partial charge in [0.1, 0.15) is 17.0 Å². The van der Waals surface area contributed by atoms with E-state index in [1.165, 1.54) is 6.07 Å². The van der Waals surface area contributed by atoms with Crippen LogP contribution in [0, 0.1) is 5.82 Å². The van der Waals surface area contributed by atoms with Gasteiger partial charge in [0, 0.05) is 0 Å². The molecule has 138 valence electrons. The normalized spacial score (nSPS) is 11.3. The first-order chi connectivity index (χ1) is 11.3. The van der Waals surface area contributed by atoms with Gasteiger partial charge in [-0.2, -0.15) is 4.99 Å². The minimum absolute atomic E-state index is 0.0727. The lowest BCUT2D eigenvalue weighted by atomic mass is 10.2. The predicted molar refractivity (Wildman–Crippen MR) is 90.0 cm³/mol. The van der Waals surface area contributed by atoms with Crippen LogP contribution in [0.4, 0.5) is 19.8 Å². The Morgan fingerprint density at radius 3 is 1.84 bits per heavy atom. The molecule has 0 unspecified atom stereocenters. The van der Waals surface area contributed by atoms with Crippen LogP contribution in [0.5, 0.6) is 0 Å². The average Bonchev–Trinajstić information content (AvgIpc) is 2.36. The second kappa shape index (κ2) is 7.91. The van der Waals surface area contributed by atoms with Gasteiger partial charge in [-0.1, -0.05) is 0 Å². The van der Waals surface area contributed by atoms with E-state index < -0.39 is 29.2 Å². The Morgan fingerprint density at radius 2 is 1.48 bits per heavy atom. The van der Waals surface area contributed by atoms with E-state index >= 15 is 0 Å². The SMILES string of the molecule is CC(C)(C)OC(=O)NC(=Nc1ccc(F)cn1)NC(=O)OC(C)(C)C. The number of hydrogen-bond acceptors (Lipinski definition) is 6. The van der Waals surface area contributed by atoms with Crippen LogP contribution in [-0.2, 0) is 9.47 Å². The second-order valence-corrected chi connectivity index (χ2v) is 7.05. The number of halogens is 1. The van der Waals surface area contributed by atoms with Crippen molar-refractivity contribution in [1.29, 1.82) is 0 Å². The minimum Gasteiger partial charge on any atom is -0.444 e. The van der Waals surface area contributed by atoms with Crippen LogP contribution in [0.15, 0.2) is 23.3 Å². The zero-order valence-electron chi connectivity index (χ0n) is 15.1. The van der Waals surface area contributed by atoms with Gasteiger partial charge in [-0.3, -0.25) is 10.6 Å². The lowest BCUT2D eigenvalue weighted by Crippen LogP contribution is -2.47. The van der Waals surface area contributed by atoms with E-state index in [-0.39, 0.29) is 11.8 Å². The number of aromatic nitrogens is 1. The van der Waals surface area contributed by atoms with Gasteiger partial charge >= 0.3 is 12.2 Å². The minimum atomic E-state index is -0.829. The number of carbonyl (C=O) groups is 2. The molecule has 1 aromatic rings. The van der Waals surface area contributed by atoms with Crippen LogP contribution in [0.25, 0.3) is 0 Å². The summed E-state index contributed by atoms with van der Waals surface area (Å²) in [6.07, 6.45) is -0.703. The number of carbonyl (C=O) groups excluding carboxylic acids is 2. The van der Waals surface area contributed by atoms with Gasteiger partial charge in [-0.15, -0.1) is 0 Å². The number of nitrogens with one attached hydrogen (secondary N) is 2. The number of pyridine rings is 1. The Balaban J connectivity index is 2.95. The Kier molecular flexibility index (Phi) is 6.43. The number of rotatable bonds is 1. The van der Waals surface area contributed by atoms with E-state index in [0.717, 1.165) is 12.3 Å². The van der Waals surface area contributed by atoms with Crippen LogP contribution in [-0.4, -0.2) is 34.3 Å². The highest BCUT2D eigenvalue weighted by atomic mass is 19.1. The highest BCUT2D eigenvalue weighted by molar-refractivity contribution is 6.02. The molecule has 0 aromatic carbocycles. The zero-order chi connectivity index (χ0) is 19.3. The fraction of sp³-hybridized carbons (Fsp3) is 0.500. The number of ether oxygens (including phenoxy) is 2. The highest BCUT2D eigenvalue weighted by Gasteiger charge is 2.21. The van der Waals surface area contributed by atoms with E-state index in [1.807, 2.05) is 0 Å². The maximum absolute atomic E-state index is 12.9. The zero-order valence-corrected chi connectivity index (χ0v) is 15.1. The standard InChI is InChI=1S/C16H23FN4O4/c1-15(2,3)24-13(22)20-12(21-14(23)25-16(4,5)6)19-11-8-7-10(17)9-18-11/h7-9H,1-6H3,(H2,18,19,20,21,22,23). The van der Waals surface area contributed by atoms with Crippen LogP contribution in [0.3, 0.4) is 0 Å². The maximum atomic E-state index is 12.9. The summed E-state index contributed by atoms with van der Waals surface area (Å²) in [5.74, 6) is -0.730. The molecule has 0 bridgehead atoms. The molecule has 2 N–H and O–H groups in total. The van der Waals surface area contributed by atoms with Crippen molar-refractivity contribution in [1.82, 2.24) is 15.6 Å². The molecule has 8 nitrogen and oxygen atoms in total. The lowest BCUT2D eigenvalue weighted by molar-refractivity contribution is 0.0545. The topological polar surface area (TPSA) is 102 Å². The maximum Gasteiger partial charge on any atom is 0.414 e. The molecule has 1 rings (SSSR count). The molecular weight excluding hydrogens is 331 g/mol. The quantitative estimate of drug-likeness (QED) is 0.595. The molecule has 0 fully saturated rings. The first kappa shape index (κ1) is 20.3. The van der Waals surface area contributed by atoms with Crippen molar-refractivity contribution in [2.24, 2.45) is 4.99 Å². The molecule has 0 saturated heterocycles. The van der Waals surface area contributed by atoms with Crippen molar-refractivity contribution < 1.29 is 23.5 Å². The predicted octanol–water partition coefficient (Wildman–Crippen LogP) is 3.26. The summed E-state index contributed by atoms with van der Waals surface area (Å²) in [5, 5.41) is 4.59. The summed E-state index contributed by atoms with van der Waals surface area (Å²) < 4.78 is 23.1. The molecular formula is C16H23FN4O4. The van der Waals surface area contributed by atoms with Crippen molar-refractivity contribution in [2.75, 3.05) is 0 Å². The molecule has 9 heteroatoms. The Morgan fingerprint density at radius 1 is 1.00 bits per heavy atom. The molecule has 2 amide bonds. The van der Waals surface area contributed by atoms with E-state index in [4.69, 9.17) is 9.47 Å². The first-order valence-corrected chi connectivity index (χ1v) is 7.54. The fourth-order valence-electron chi connectivity index (χ4n) is 1.44. The van der Waals surface area contributed by atoms with Crippen LogP contribution in [0.2, 0.25) is 0 Å². The monoisotopic (exact) mass is 354 g/mol. The molecule has 0 atom stereocenters. The van der Waals surface area contributed by atoms with Crippen molar-refractivity contribution in [3.05, 3.63) is 24.1 Å². The molecule has 0 aliphatic rings. The molecule has 0 aliphatic carbocycles. The Hall–Kier alpha value is -2.71. The van der Waals surface area contributed by atoms with Crippen LogP contribution >= 0.6 is 0 Å². The van der Waals surface area contributed by atoms with Crippen LogP contribution in [0.1, 0.15) is 41.5 Å². The van der Waals surface area contributed by atoms with E-state index in [2.05, 4.69) is 20.6 Å². The number of alkyl carbamates (subject to hydrolysis) is 2. The molecule has 0 aliphatic heterocycles. The van der Waals surface area contributed by atoms with Gasteiger partial charge in [0.05, 0.1) is 6.20 Å². The molecule has 1 heterocycles. The number of aliphatic imine (C=N–C) groups is 1. The Labute approximate surface area is 145 Å². The van der Waals surface area contributed by atoms with Gasteiger partial charge in [-0.05, 0) is 53.7 Å². The van der Waals surface area contributed by atoms with Crippen molar-refractivity contribution in [2.45, 2.75) is 52.7 Å². The highest BCUT2D eigenvalue weighted by Crippen LogP contribution is 2.10.